The van der Waals surface area contributed by atoms with Crippen LogP contribution in [0.1, 0.15) is 58.2 Å². The average Bonchev–Trinajstić information content (AvgIpc) is 3.39. The van der Waals surface area contributed by atoms with E-state index in [2.05, 4.69) is 21.1 Å². The van der Waals surface area contributed by atoms with E-state index in [0.29, 0.717) is 17.2 Å². The van der Waals surface area contributed by atoms with Crippen LogP contribution in [0.25, 0.3) is 0 Å². The van der Waals surface area contributed by atoms with Gasteiger partial charge in [-0.05, 0) is 63.0 Å². The second-order valence-corrected chi connectivity index (χ2v) is 6.92. The average molecular weight is 354 g/mol. The maximum atomic E-state index is 12.3. The molecule has 26 heavy (non-hydrogen) atoms. The Morgan fingerprint density at radius 1 is 1.04 bits per heavy atom. The largest absolute Gasteiger partial charge is 0.360 e. The number of nitrogens with zero attached hydrogens (tertiary/aromatic N) is 1. The van der Waals surface area contributed by atoms with Crippen molar-refractivity contribution in [2.45, 2.75) is 37.6 Å². The zero-order chi connectivity index (χ0) is 17.9. The van der Waals surface area contributed by atoms with E-state index in [1.165, 1.54) is 0 Å². The molecular formula is C19H22N4O3. The van der Waals surface area contributed by atoms with Crippen LogP contribution in [0.15, 0.2) is 34.9 Å². The van der Waals surface area contributed by atoms with Crippen LogP contribution in [-0.2, 0) is 0 Å². The number of hydrogen-bond acceptors (Lipinski definition) is 5. The number of rotatable bonds is 5. The van der Waals surface area contributed by atoms with Gasteiger partial charge in [-0.3, -0.25) is 9.59 Å². The smallest absolute Gasteiger partial charge is 0.277 e. The summed E-state index contributed by atoms with van der Waals surface area (Å²) in [7, 11) is 0. The third kappa shape index (κ3) is 3.94. The molecule has 1 saturated carbocycles. The molecule has 0 bridgehead atoms. The summed E-state index contributed by atoms with van der Waals surface area (Å²) in [5, 5.41) is 12.9. The molecule has 0 radical (unpaired) electrons. The second kappa shape index (κ2) is 7.29. The minimum atomic E-state index is -0.312. The summed E-state index contributed by atoms with van der Waals surface area (Å²) in [4.78, 5) is 24.5. The van der Waals surface area contributed by atoms with Crippen molar-refractivity contribution >= 4 is 17.5 Å². The molecule has 7 heteroatoms. The maximum absolute atomic E-state index is 12.3. The van der Waals surface area contributed by atoms with Gasteiger partial charge in [-0.2, -0.15) is 0 Å². The van der Waals surface area contributed by atoms with E-state index in [1.54, 1.807) is 30.3 Å². The highest BCUT2D eigenvalue weighted by molar-refractivity contribution is 6.03. The van der Waals surface area contributed by atoms with Gasteiger partial charge in [0, 0.05) is 29.3 Å². The molecule has 1 saturated heterocycles. The third-order valence-corrected chi connectivity index (χ3v) is 4.82. The van der Waals surface area contributed by atoms with E-state index in [1.807, 2.05) is 0 Å². The molecule has 0 unspecified atom stereocenters. The quantitative estimate of drug-likeness (QED) is 0.765. The number of carbonyl (C=O) groups is 2. The molecule has 2 heterocycles. The summed E-state index contributed by atoms with van der Waals surface area (Å²) in [6.07, 6.45) is 4.08. The van der Waals surface area contributed by atoms with Crippen molar-refractivity contribution in [3.63, 3.8) is 0 Å². The number of anilines is 1. The van der Waals surface area contributed by atoms with Crippen LogP contribution < -0.4 is 16.0 Å². The van der Waals surface area contributed by atoms with Crippen molar-refractivity contribution in [2.24, 2.45) is 0 Å². The van der Waals surface area contributed by atoms with Gasteiger partial charge in [-0.15, -0.1) is 0 Å². The molecule has 0 spiro atoms. The monoisotopic (exact) mass is 354 g/mol. The summed E-state index contributed by atoms with van der Waals surface area (Å²) in [5.41, 5.74) is 1.48. The van der Waals surface area contributed by atoms with Crippen LogP contribution in [-0.4, -0.2) is 36.1 Å². The van der Waals surface area contributed by atoms with Crippen LogP contribution in [0.3, 0.4) is 0 Å². The highest BCUT2D eigenvalue weighted by atomic mass is 16.5. The molecule has 2 aromatic rings. The highest BCUT2D eigenvalue weighted by Gasteiger charge is 2.28. The van der Waals surface area contributed by atoms with Crippen molar-refractivity contribution in [3.8, 4) is 0 Å². The minimum absolute atomic E-state index is 0.0830. The van der Waals surface area contributed by atoms with Gasteiger partial charge in [0.2, 0.25) is 0 Å². The Hall–Kier alpha value is -2.67. The Kier molecular flexibility index (Phi) is 4.71. The second-order valence-electron chi connectivity index (χ2n) is 6.92. The van der Waals surface area contributed by atoms with Gasteiger partial charge in [0.05, 0.1) is 0 Å². The number of carbonyl (C=O) groups excluding carboxylic acids is 2. The number of benzene rings is 1. The number of aromatic nitrogens is 1. The maximum Gasteiger partial charge on any atom is 0.277 e. The molecule has 1 aliphatic carbocycles. The molecule has 0 atom stereocenters. The van der Waals surface area contributed by atoms with E-state index in [4.69, 9.17) is 4.52 Å². The SMILES string of the molecule is O=C(NC1CCNCC1)c1ccc(NC(=O)c2cc(C3CC3)on2)cc1. The normalized spacial score (nSPS) is 17.7. The van der Waals surface area contributed by atoms with Crippen molar-refractivity contribution in [2.75, 3.05) is 18.4 Å². The lowest BCUT2D eigenvalue weighted by atomic mass is 10.1. The number of nitrogens with one attached hydrogen (secondary N) is 3. The van der Waals surface area contributed by atoms with E-state index in [-0.39, 0.29) is 23.6 Å². The lowest BCUT2D eigenvalue weighted by molar-refractivity contribution is 0.0929. The van der Waals surface area contributed by atoms with Crippen molar-refractivity contribution in [1.82, 2.24) is 15.8 Å². The standard InChI is InChI=1S/C19H22N4O3/c24-18(21-15-7-9-20-10-8-15)13-3-5-14(6-4-13)22-19(25)16-11-17(26-23-16)12-1-2-12/h3-6,11-12,15,20H,1-2,7-10H2,(H,21,24)(H,22,25). The van der Waals surface area contributed by atoms with Crippen LogP contribution in [0.4, 0.5) is 5.69 Å². The van der Waals surface area contributed by atoms with E-state index in [0.717, 1.165) is 44.5 Å². The third-order valence-electron chi connectivity index (χ3n) is 4.82. The lowest BCUT2D eigenvalue weighted by Gasteiger charge is -2.23. The topological polar surface area (TPSA) is 96.3 Å². The van der Waals surface area contributed by atoms with Crippen molar-refractivity contribution in [1.29, 1.82) is 0 Å². The Morgan fingerprint density at radius 2 is 1.77 bits per heavy atom. The van der Waals surface area contributed by atoms with Crippen LogP contribution >= 0.6 is 0 Å². The van der Waals surface area contributed by atoms with Gasteiger partial charge in [0.1, 0.15) is 5.76 Å². The molecule has 136 valence electrons. The first-order valence-electron chi connectivity index (χ1n) is 9.08. The molecule has 1 aliphatic heterocycles. The summed E-state index contributed by atoms with van der Waals surface area (Å²) in [6, 6.07) is 8.78. The Morgan fingerprint density at radius 3 is 2.46 bits per heavy atom. The van der Waals surface area contributed by atoms with E-state index < -0.39 is 0 Å². The number of piperidine rings is 1. The van der Waals surface area contributed by atoms with Gasteiger partial charge >= 0.3 is 0 Å². The fourth-order valence-corrected chi connectivity index (χ4v) is 3.09. The molecule has 3 N–H and O–H groups in total. The van der Waals surface area contributed by atoms with Crippen LogP contribution in [0, 0.1) is 0 Å². The summed E-state index contributed by atoms with van der Waals surface area (Å²) in [6.45, 7) is 1.86. The first-order chi connectivity index (χ1) is 12.7. The fourth-order valence-electron chi connectivity index (χ4n) is 3.09. The first-order valence-corrected chi connectivity index (χ1v) is 9.08. The molecule has 2 aliphatic rings. The summed E-state index contributed by atoms with van der Waals surface area (Å²) >= 11 is 0. The lowest BCUT2D eigenvalue weighted by Crippen LogP contribution is -2.42. The van der Waals surface area contributed by atoms with Crippen LogP contribution in [0.2, 0.25) is 0 Å². The Labute approximate surface area is 151 Å². The molecule has 4 rings (SSSR count). The van der Waals surface area contributed by atoms with Crippen molar-refractivity contribution < 1.29 is 14.1 Å². The van der Waals surface area contributed by atoms with Gasteiger partial charge in [0.25, 0.3) is 11.8 Å². The zero-order valence-electron chi connectivity index (χ0n) is 14.5. The van der Waals surface area contributed by atoms with Gasteiger partial charge in [-0.1, -0.05) is 5.16 Å². The van der Waals surface area contributed by atoms with Gasteiger partial charge in [-0.25, -0.2) is 0 Å². The minimum Gasteiger partial charge on any atom is -0.360 e. The summed E-state index contributed by atoms with van der Waals surface area (Å²) < 4.78 is 5.20. The van der Waals surface area contributed by atoms with Gasteiger partial charge < -0.3 is 20.5 Å². The zero-order valence-corrected chi connectivity index (χ0v) is 14.5. The predicted molar refractivity (Wildman–Crippen MR) is 96.2 cm³/mol. The molecule has 7 nitrogen and oxygen atoms in total. The van der Waals surface area contributed by atoms with E-state index in [9.17, 15) is 9.59 Å². The highest BCUT2D eigenvalue weighted by Crippen LogP contribution is 2.40. The molecule has 2 amide bonds. The number of hydrogen-bond donors (Lipinski definition) is 3. The number of amides is 2. The first kappa shape index (κ1) is 16.8. The Balaban J connectivity index is 1.34. The van der Waals surface area contributed by atoms with Crippen molar-refractivity contribution in [3.05, 3.63) is 47.3 Å². The molecular weight excluding hydrogens is 332 g/mol. The molecule has 1 aromatic carbocycles. The summed E-state index contributed by atoms with van der Waals surface area (Å²) in [5.74, 6) is 0.801. The molecule has 1 aromatic heterocycles. The van der Waals surface area contributed by atoms with Gasteiger partial charge in [0.15, 0.2) is 5.69 Å². The van der Waals surface area contributed by atoms with E-state index >= 15 is 0 Å². The Bertz CT molecular complexity index is 789. The molecule has 2 fully saturated rings. The van der Waals surface area contributed by atoms with Crippen LogP contribution in [0.5, 0.6) is 0 Å². The predicted octanol–water partition coefficient (Wildman–Crippen LogP) is 2.29. The fraction of sp³-hybridized carbons (Fsp3) is 0.421.